The van der Waals surface area contributed by atoms with Gasteiger partial charge in [-0.15, -0.1) is 0 Å². The van der Waals surface area contributed by atoms with Crippen molar-refractivity contribution in [2.45, 2.75) is 25.9 Å². The molecule has 5 heteroatoms. The zero-order valence-corrected chi connectivity index (χ0v) is 12.8. The van der Waals surface area contributed by atoms with E-state index in [4.69, 9.17) is 4.74 Å². The first-order chi connectivity index (χ1) is 10.4. The number of rotatable bonds is 5. The number of aliphatic hydroxyl groups excluding tert-OH is 1. The van der Waals surface area contributed by atoms with E-state index < -0.39 is 11.0 Å². The van der Waals surface area contributed by atoms with Crippen LogP contribution in [0.4, 0.5) is 5.69 Å². The first-order valence-electron chi connectivity index (χ1n) is 7.04. The van der Waals surface area contributed by atoms with Gasteiger partial charge in [0, 0.05) is 6.07 Å². The fourth-order valence-electron chi connectivity index (χ4n) is 2.29. The van der Waals surface area contributed by atoms with E-state index in [0.717, 1.165) is 5.56 Å². The molecule has 0 aromatic heterocycles. The molecule has 22 heavy (non-hydrogen) atoms. The van der Waals surface area contributed by atoms with Gasteiger partial charge in [-0.1, -0.05) is 38.1 Å². The summed E-state index contributed by atoms with van der Waals surface area (Å²) < 4.78 is 5.09. The van der Waals surface area contributed by atoms with E-state index in [1.54, 1.807) is 12.1 Å². The molecule has 0 amide bonds. The van der Waals surface area contributed by atoms with E-state index in [-0.39, 0.29) is 11.3 Å². The second-order valence-electron chi connectivity index (χ2n) is 5.41. The van der Waals surface area contributed by atoms with Crippen molar-refractivity contribution in [3.63, 3.8) is 0 Å². The molecule has 1 N–H and O–H groups in total. The van der Waals surface area contributed by atoms with Crippen molar-refractivity contribution in [3.8, 4) is 5.75 Å². The average Bonchev–Trinajstić information content (AvgIpc) is 2.53. The van der Waals surface area contributed by atoms with E-state index >= 15 is 0 Å². The van der Waals surface area contributed by atoms with Crippen molar-refractivity contribution in [3.05, 3.63) is 69.3 Å². The monoisotopic (exact) mass is 301 g/mol. The van der Waals surface area contributed by atoms with Gasteiger partial charge < -0.3 is 9.84 Å². The molecule has 0 saturated carbocycles. The highest BCUT2D eigenvalue weighted by Gasteiger charge is 2.22. The molecule has 1 atom stereocenters. The Morgan fingerprint density at radius 3 is 2.18 bits per heavy atom. The quantitative estimate of drug-likeness (QED) is 0.673. The van der Waals surface area contributed by atoms with Gasteiger partial charge in [0.05, 0.1) is 17.6 Å². The topological polar surface area (TPSA) is 72.6 Å². The Morgan fingerprint density at radius 2 is 1.68 bits per heavy atom. The minimum Gasteiger partial charge on any atom is -0.497 e. The van der Waals surface area contributed by atoms with Crippen LogP contribution in [0.1, 0.15) is 42.6 Å². The molecule has 2 aromatic rings. The first kappa shape index (κ1) is 16.0. The third-order valence-corrected chi connectivity index (χ3v) is 3.64. The fourth-order valence-corrected chi connectivity index (χ4v) is 2.29. The lowest BCUT2D eigenvalue weighted by molar-refractivity contribution is -0.386. The molecule has 5 nitrogen and oxygen atoms in total. The number of aliphatic hydroxyl groups is 1. The van der Waals surface area contributed by atoms with Gasteiger partial charge in [-0.05, 0) is 29.2 Å². The Kier molecular flexibility index (Phi) is 4.78. The second kappa shape index (κ2) is 6.58. The smallest absolute Gasteiger partial charge is 0.275 e. The molecule has 2 aromatic carbocycles. The molecule has 0 bridgehead atoms. The summed E-state index contributed by atoms with van der Waals surface area (Å²) in [7, 11) is 1.48. The third kappa shape index (κ3) is 3.26. The molecule has 0 saturated heterocycles. The van der Waals surface area contributed by atoms with Crippen molar-refractivity contribution >= 4 is 5.69 Å². The molecule has 0 fully saturated rings. The van der Waals surface area contributed by atoms with Gasteiger partial charge in [-0.25, -0.2) is 0 Å². The Morgan fingerprint density at radius 1 is 1.09 bits per heavy atom. The number of methoxy groups -OCH3 is 1. The van der Waals surface area contributed by atoms with Crippen LogP contribution in [0.3, 0.4) is 0 Å². The molecule has 2 rings (SSSR count). The molecule has 0 aliphatic carbocycles. The SMILES string of the molecule is COc1ccc([N+](=O)[O-])c(C(O)c2ccc(C(C)C)cc2)c1. The van der Waals surface area contributed by atoms with Gasteiger partial charge in [-0.3, -0.25) is 10.1 Å². The van der Waals surface area contributed by atoms with Crippen LogP contribution in [0, 0.1) is 10.1 Å². The van der Waals surface area contributed by atoms with Crippen LogP contribution < -0.4 is 4.74 Å². The summed E-state index contributed by atoms with van der Waals surface area (Å²) in [6.45, 7) is 4.16. The minimum atomic E-state index is -1.07. The number of nitro benzene ring substituents is 1. The van der Waals surface area contributed by atoms with Gasteiger partial charge in [0.25, 0.3) is 5.69 Å². The molecule has 0 radical (unpaired) electrons. The van der Waals surface area contributed by atoms with Crippen LogP contribution in [0.2, 0.25) is 0 Å². The molecule has 116 valence electrons. The number of ether oxygens (including phenoxy) is 1. The van der Waals surface area contributed by atoms with Crippen LogP contribution in [0.25, 0.3) is 0 Å². The normalized spacial score (nSPS) is 12.2. The van der Waals surface area contributed by atoms with Crippen LogP contribution in [0.15, 0.2) is 42.5 Å². The van der Waals surface area contributed by atoms with E-state index in [1.807, 2.05) is 12.1 Å². The Bertz CT molecular complexity index is 665. The van der Waals surface area contributed by atoms with Crippen molar-refractivity contribution < 1.29 is 14.8 Å². The predicted molar refractivity (Wildman–Crippen MR) is 84.2 cm³/mol. The molecular weight excluding hydrogens is 282 g/mol. The standard InChI is InChI=1S/C17H19NO4/c1-11(2)12-4-6-13(7-5-12)17(19)15-10-14(22-3)8-9-16(15)18(20)21/h4-11,17,19H,1-3H3. The Balaban J connectivity index is 2.43. The van der Waals surface area contributed by atoms with Crippen LogP contribution in [-0.2, 0) is 0 Å². The summed E-state index contributed by atoms with van der Waals surface area (Å²) in [6.07, 6.45) is -1.07. The summed E-state index contributed by atoms with van der Waals surface area (Å²) in [6, 6.07) is 11.8. The second-order valence-corrected chi connectivity index (χ2v) is 5.41. The maximum atomic E-state index is 11.2. The van der Waals surface area contributed by atoms with Gasteiger partial charge in [0.15, 0.2) is 0 Å². The molecule has 0 spiro atoms. The van der Waals surface area contributed by atoms with E-state index in [2.05, 4.69) is 13.8 Å². The lowest BCUT2D eigenvalue weighted by atomic mass is 9.96. The van der Waals surface area contributed by atoms with Gasteiger partial charge >= 0.3 is 0 Å². The first-order valence-corrected chi connectivity index (χ1v) is 7.04. The lowest BCUT2D eigenvalue weighted by Crippen LogP contribution is -2.05. The highest BCUT2D eigenvalue weighted by atomic mass is 16.6. The largest absolute Gasteiger partial charge is 0.497 e. The van der Waals surface area contributed by atoms with Crippen LogP contribution >= 0.6 is 0 Å². The van der Waals surface area contributed by atoms with Crippen molar-refractivity contribution in [1.29, 1.82) is 0 Å². The number of benzene rings is 2. The van der Waals surface area contributed by atoms with E-state index in [1.165, 1.54) is 25.3 Å². The highest BCUT2D eigenvalue weighted by molar-refractivity contribution is 5.49. The highest BCUT2D eigenvalue weighted by Crippen LogP contribution is 2.33. The minimum absolute atomic E-state index is 0.124. The zero-order chi connectivity index (χ0) is 16.3. The van der Waals surface area contributed by atoms with Gasteiger partial charge in [0.2, 0.25) is 0 Å². The Hall–Kier alpha value is -2.40. The van der Waals surface area contributed by atoms with Crippen LogP contribution in [-0.4, -0.2) is 17.1 Å². The molecule has 0 aliphatic rings. The predicted octanol–water partition coefficient (Wildman–Crippen LogP) is 3.81. The average molecular weight is 301 g/mol. The summed E-state index contributed by atoms with van der Waals surface area (Å²) >= 11 is 0. The summed E-state index contributed by atoms with van der Waals surface area (Å²) in [5, 5.41) is 21.7. The summed E-state index contributed by atoms with van der Waals surface area (Å²) in [4.78, 5) is 10.7. The maximum Gasteiger partial charge on any atom is 0.275 e. The fraction of sp³-hybridized carbons (Fsp3) is 0.294. The Labute approximate surface area is 129 Å². The zero-order valence-electron chi connectivity index (χ0n) is 12.8. The van der Waals surface area contributed by atoms with E-state index in [9.17, 15) is 15.2 Å². The lowest BCUT2D eigenvalue weighted by Gasteiger charge is -2.14. The number of nitrogens with zero attached hydrogens (tertiary/aromatic N) is 1. The molecule has 0 heterocycles. The maximum absolute atomic E-state index is 11.2. The molecular formula is C17H19NO4. The number of hydrogen-bond acceptors (Lipinski definition) is 4. The van der Waals surface area contributed by atoms with Crippen molar-refractivity contribution in [2.24, 2.45) is 0 Å². The van der Waals surface area contributed by atoms with Crippen molar-refractivity contribution in [1.82, 2.24) is 0 Å². The molecule has 0 aliphatic heterocycles. The number of hydrogen-bond donors (Lipinski definition) is 1. The van der Waals surface area contributed by atoms with E-state index in [0.29, 0.717) is 17.2 Å². The number of nitro groups is 1. The van der Waals surface area contributed by atoms with Crippen LogP contribution in [0.5, 0.6) is 5.75 Å². The summed E-state index contributed by atoms with van der Waals surface area (Å²) in [5.74, 6) is 0.857. The third-order valence-electron chi connectivity index (χ3n) is 3.64. The van der Waals surface area contributed by atoms with Gasteiger partial charge in [0.1, 0.15) is 11.9 Å². The summed E-state index contributed by atoms with van der Waals surface area (Å²) in [5.41, 5.74) is 1.86. The molecule has 1 unspecified atom stereocenters. The van der Waals surface area contributed by atoms with Crippen molar-refractivity contribution in [2.75, 3.05) is 7.11 Å². The van der Waals surface area contributed by atoms with Gasteiger partial charge in [-0.2, -0.15) is 0 Å².